The number of rotatable bonds is 5. The van der Waals surface area contributed by atoms with E-state index in [-0.39, 0.29) is 12.1 Å². The zero-order valence-electron chi connectivity index (χ0n) is 11.3. The van der Waals surface area contributed by atoms with E-state index in [4.69, 9.17) is 0 Å². The molecular formula is C14H11N3O5. The number of nitro groups is 2. The van der Waals surface area contributed by atoms with Crippen LogP contribution in [0.2, 0.25) is 0 Å². The van der Waals surface area contributed by atoms with Crippen molar-refractivity contribution in [2.45, 2.75) is 6.54 Å². The molecule has 0 saturated heterocycles. The maximum atomic E-state index is 12.0. The van der Waals surface area contributed by atoms with E-state index in [0.717, 1.165) is 23.8 Å². The molecule has 22 heavy (non-hydrogen) atoms. The summed E-state index contributed by atoms with van der Waals surface area (Å²) in [5.41, 5.74) is -0.286. The largest absolute Gasteiger partial charge is 0.348 e. The fraction of sp³-hybridized carbons (Fsp3) is 0.0714. The normalized spacial score (nSPS) is 10.0. The van der Waals surface area contributed by atoms with Gasteiger partial charge >= 0.3 is 0 Å². The molecule has 0 aliphatic heterocycles. The third-order valence-corrected chi connectivity index (χ3v) is 2.88. The third kappa shape index (κ3) is 3.63. The molecule has 1 N–H and O–H groups in total. The molecule has 0 aliphatic carbocycles. The van der Waals surface area contributed by atoms with E-state index >= 15 is 0 Å². The lowest BCUT2D eigenvalue weighted by Crippen LogP contribution is -2.23. The highest BCUT2D eigenvalue weighted by molar-refractivity contribution is 5.95. The van der Waals surface area contributed by atoms with Crippen LogP contribution in [0.15, 0.2) is 48.5 Å². The molecule has 0 radical (unpaired) electrons. The van der Waals surface area contributed by atoms with Gasteiger partial charge in [-0.2, -0.15) is 0 Å². The molecule has 0 aliphatic rings. The topological polar surface area (TPSA) is 115 Å². The van der Waals surface area contributed by atoms with Gasteiger partial charge in [-0.05, 0) is 5.56 Å². The van der Waals surface area contributed by atoms with Crippen LogP contribution >= 0.6 is 0 Å². The minimum absolute atomic E-state index is 0.128. The van der Waals surface area contributed by atoms with Gasteiger partial charge in [0.25, 0.3) is 17.3 Å². The number of carbonyl (C=O) groups is 1. The summed E-state index contributed by atoms with van der Waals surface area (Å²) in [6.07, 6.45) is 0. The lowest BCUT2D eigenvalue weighted by molar-refractivity contribution is -0.394. The Labute approximate surface area is 124 Å². The van der Waals surface area contributed by atoms with Crippen LogP contribution in [-0.2, 0) is 6.54 Å². The Kier molecular flexibility index (Phi) is 4.42. The average Bonchev–Trinajstić information content (AvgIpc) is 2.53. The predicted octanol–water partition coefficient (Wildman–Crippen LogP) is 2.43. The van der Waals surface area contributed by atoms with Crippen molar-refractivity contribution in [3.8, 4) is 0 Å². The fourth-order valence-electron chi connectivity index (χ4n) is 1.82. The monoisotopic (exact) mass is 301 g/mol. The average molecular weight is 301 g/mol. The van der Waals surface area contributed by atoms with Crippen LogP contribution in [0.3, 0.4) is 0 Å². The molecule has 8 nitrogen and oxygen atoms in total. The lowest BCUT2D eigenvalue weighted by Gasteiger charge is -2.05. The van der Waals surface area contributed by atoms with E-state index in [0.29, 0.717) is 0 Å². The van der Waals surface area contributed by atoms with E-state index < -0.39 is 27.1 Å². The third-order valence-electron chi connectivity index (χ3n) is 2.88. The Morgan fingerprint density at radius 3 is 2.00 bits per heavy atom. The van der Waals surface area contributed by atoms with Gasteiger partial charge in [0.05, 0.1) is 21.5 Å². The zero-order chi connectivity index (χ0) is 16.1. The molecule has 2 rings (SSSR count). The molecule has 0 saturated carbocycles. The van der Waals surface area contributed by atoms with Gasteiger partial charge in [0.2, 0.25) is 0 Å². The Hall–Kier alpha value is -3.29. The van der Waals surface area contributed by atoms with Crippen LogP contribution in [-0.4, -0.2) is 15.8 Å². The predicted molar refractivity (Wildman–Crippen MR) is 77.4 cm³/mol. The molecule has 0 bridgehead atoms. The summed E-state index contributed by atoms with van der Waals surface area (Å²) in [7, 11) is 0. The number of hydrogen-bond acceptors (Lipinski definition) is 5. The summed E-state index contributed by atoms with van der Waals surface area (Å²) >= 11 is 0. The Morgan fingerprint density at radius 1 is 0.955 bits per heavy atom. The molecule has 2 aromatic carbocycles. The molecule has 1 amide bonds. The van der Waals surface area contributed by atoms with Gasteiger partial charge in [-0.25, -0.2) is 0 Å². The van der Waals surface area contributed by atoms with E-state index in [9.17, 15) is 25.0 Å². The van der Waals surface area contributed by atoms with Crippen LogP contribution in [0.1, 0.15) is 15.9 Å². The van der Waals surface area contributed by atoms with Gasteiger partial charge in [-0.1, -0.05) is 30.3 Å². The molecule has 0 fully saturated rings. The summed E-state index contributed by atoms with van der Waals surface area (Å²) in [6.45, 7) is 0.218. The van der Waals surface area contributed by atoms with Gasteiger partial charge < -0.3 is 5.32 Å². The molecule has 0 heterocycles. The van der Waals surface area contributed by atoms with Crippen molar-refractivity contribution in [3.63, 3.8) is 0 Å². The number of nitrogens with zero attached hydrogens (tertiary/aromatic N) is 2. The quantitative estimate of drug-likeness (QED) is 0.672. The van der Waals surface area contributed by atoms with Gasteiger partial charge in [-0.3, -0.25) is 25.0 Å². The first kappa shape index (κ1) is 15.1. The summed E-state index contributed by atoms with van der Waals surface area (Å²) < 4.78 is 0. The van der Waals surface area contributed by atoms with E-state index in [2.05, 4.69) is 5.32 Å². The van der Waals surface area contributed by atoms with Crippen molar-refractivity contribution < 1.29 is 14.6 Å². The number of nitrogens with one attached hydrogen (secondary N) is 1. The van der Waals surface area contributed by atoms with E-state index in [1.165, 1.54) is 0 Å². The lowest BCUT2D eigenvalue weighted by atomic mass is 10.1. The van der Waals surface area contributed by atoms with Crippen molar-refractivity contribution in [2.75, 3.05) is 0 Å². The Balaban J connectivity index is 2.21. The summed E-state index contributed by atoms with van der Waals surface area (Å²) in [5, 5.41) is 24.1. The first-order chi connectivity index (χ1) is 10.5. The van der Waals surface area contributed by atoms with Crippen molar-refractivity contribution in [2.24, 2.45) is 0 Å². The zero-order valence-corrected chi connectivity index (χ0v) is 11.3. The van der Waals surface area contributed by atoms with Gasteiger partial charge in [-0.15, -0.1) is 0 Å². The van der Waals surface area contributed by atoms with Crippen LogP contribution in [0.5, 0.6) is 0 Å². The minimum atomic E-state index is -0.777. The highest BCUT2D eigenvalue weighted by Crippen LogP contribution is 2.22. The van der Waals surface area contributed by atoms with Crippen molar-refractivity contribution in [1.82, 2.24) is 5.32 Å². The molecule has 2 aromatic rings. The van der Waals surface area contributed by atoms with Gasteiger partial charge in [0.15, 0.2) is 0 Å². The van der Waals surface area contributed by atoms with Crippen LogP contribution in [0.25, 0.3) is 0 Å². The van der Waals surface area contributed by atoms with Crippen LogP contribution in [0.4, 0.5) is 11.4 Å². The fourth-order valence-corrected chi connectivity index (χ4v) is 1.82. The summed E-state index contributed by atoms with van der Waals surface area (Å²) in [6, 6.07) is 11.9. The van der Waals surface area contributed by atoms with Crippen molar-refractivity contribution in [3.05, 3.63) is 79.9 Å². The maximum absolute atomic E-state index is 12.0. The standard InChI is InChI=1S/C14H11N3O5/c18-14(15-9-10-4-2-1-3-5-10)11-6-12(16(19)20)8-13(7-11)17(21)22/h1-8H,9H2,(H,15,18). The highest BCUT2D eigenvalue weighted by atomic mass is 16.6. The number of amides is 1. The van der Waals surface area contributed by atoms with E-state index in [1.807, 2.05) is 6.07 Å². The van der Waals surface area contributed by atoms with Gasteiger partial charge in [0, 0.05) is 18.7 Å². The smallest absolute Gasteiger partial charge is 0.277 e. The van der Waals surface area contributed by atoms with Crippen LogP contribution in [0, 0.1) is 20.2 Å². The molecule has 0 atom stereocenters. The summed E-state index contributed by atoms with van der Waals surface area (Å²) in [4.78, 5) is 32.0. The number of hydrogen-bond donors (Lipinski definition) is 1. The summed E-state index contributed by atoms with van der Waals surface area (Å²) in [5.74, 6) is -0.615. The Morgan fingerprint density at radius 2 is 1.50 bits per heavy atom. The number of nitro benzene ring substituents is 2. The number of non-ortho nitro benzene ring substituents is 2. The van der Waals surface area contributed by atoms with Crippen molar-refractivity contribution in [1.29, 1.82) is 0 Å². The van der Waals surface area contributed by atoms with E-state index in [1.54, 1.807) is 24.3 Å². The maximum Gasteiger partial charge on any atom is 0.277 e. The highest BCUT2D eigenvalue weighted by Gasteiger charge is 2.19. The number of benzene rings is 2. The second-order valence-electron chi connectivity index (χ2n) is 4.42. The van der Waals surface area contributed by atoms with Crippen LogP contribution < -0.4 is 5.32 Å². The molecule has 0 unspecified atom stereocenters. The number of carbonyl (C=O) groups excluding carboxylic acids is 1. The van der Waals surface area contributed by atoms with Crippen molar-refractivity contribution >= 4 is 17.3 Å². The SMILES string of the molecule is O=C(NCc1ccccc1)c1cc([N+](=O)[O-])cc([N+](=O)[O-])c1. The molecule has 0 aromatic heterocycles. The van der Waals surface area contributed by atoms with Gasteiger partial charge in [0.1, 0.15) is 0 Å². The minimum Gasteiger partial charge on any atom is -0.348 e. The molecule has 8 heteroatoms. The molecule has 0 spiro atoms. The molecule has 112 valence electrons. The molecular weight excluding hydrogens is 290 g/mol. The Bertz CT molecular complexity index is 698. The first-order valence-electron chi connectivity index (χ1n) is 6.23. The second kappa shape index (κ2) is 6.44. The second-order valence-corrected chi connectivity index (χ2v) is 4.42. The first-order valence-corrected chi connectivity index (χ1v) is 6.23.